The van der Waals surface area contributed by atoms with Crippen LogP contribution >= 0.6 is 0 Å². The Morgan fingerprint density at radius 2 is 2.05 bits per heavy atom. The van der Waals surface area contributed by atoms with E-state index in [-0.39, 0.29) is 11.5 Å². The molecule has 0 aliphatic rings. The van der Waals surface area contributed by atoms with Crippen molar-refractivity contribution in [3.05, 3.63) is 29.8 Å². The van der Waals surface area contributed by atoms with Crippen LogP contribution in [0.3, 0.4) is 0 Å². The van der Waals surface area contributed by atoms with Crippen molar-refractivity contribution in [2.75, 3.05) is 20.5 Å². The molecule has 0 saturated heterocycles. The summed E-state index contributed by atoms with van der Waals surface area (Å²) in [4.78, 5) is 10.4. The summed E-state index contributed by atoms with van der Waals surface area (Å²) in [6.07, 6.45) is -2.20. The van der Waals surface area contributed by atoms with Gasteiger partial charge in [0, 0.05) is 6.08 Å². The van der Waals surface area contributed by atoms with Gasteiger partial charge in [-0.05, 0) is 23.8 Å². The van der Waals surface area contributed by atoms with E-state index in [0.29, 0.717) is 5.56 Å². The smallest absolute Gasteiger partial charge is 0.411 e. The highest BCUT2D eigenvalue weighted by Crippen LogP contribution is 2.28. The first-order valence-electron chi connectivity index (χ1n) is 5.68. The van der Waals surface area contributed by atoms with E-state index in [1.54, 1.807) is 6.07 Å². The van der Waals surface area contributed by atoms with E-state index in [1.165, 1.54) is 25.3 Å². The monoisotopic (exact) mass is 306 g/mol. The summed E-state index contributed by atoms with van der Waals surface area (Å²) >= 11 is 0. The van der Waals surface area contributed by atoms with E-state index in [2.05, 4.69) is 4.74 Å². The lowest BCUT2D eigenvalue weighted by molar-refractivity contribution is -0.186. The molecule has 0 aliphatic heterocycles. The molecule has 0 radical (unpaired) electrons. The molecule has 116 valence electrons. The molecule has 8 heteroatoms. The summed E-state index contributed by atoms with van der Waals surface area (Å²) in [6.45, 7) is -2.03. The number of ether oxygens (including phenoxy) is 3. The second-order valence-corrected chi connectivity index (χ2v) is 3.81. The van der Waals surface area contributed by atoms with Gasteiger partial charge in [-0.15, -0.1) is 0 Å². The lowest BCUT2D eigenvalue weighted by atomic mass is 10.2. The third-order valence-electron chi connectivity index (χ3n) is 2.17. The molecule has 21 heavy (non-hydrogen) atoms. The van der Waals surface area contributed by atoms with Crippen LogP contribution in [0, 0.1) is 0 Å². The van der Waals surface area contributed by atoms with Crippen LogP contribution in [0.5, 0.6) is 11.5 Å². The van der Waals surface area contributed by atoms with Crippen LogP contribution in [-0.4, -0.2) is 37.8 Å². The highest BCUT2D eigenvalue weighted by Gasteiger charge is 2.27. The van der Waals surface area contributed by atoms with Gasteiger partial charge in [0.05, 0.1) is 7.11 Å². The van der Waals surface area contributed by atoms with E-state index in [9.17, 15) is 18.0 Å². The largest absolute Gasteiger partial charge is 0.493 e. The molecule has 1 N–H and O–H groups in total. The van der Waals surface area contributed by atoms with Gasteiger partial charge in [0.15, 0.2) is 18.3 Å². The standard InChI is InChI=1S/C13H13F3O5/c1-19-10-4-2-9(3-5-12(17)18)6-11(10)21-8-20-7-13(14,15)16/h2-6H,7-8H2,1H3,(H,17,18)/b5-3+. The number of hydrogen-bond donors (Lipinski definition) is 1. The third-order valence-corrected chi connectivity index (χ3v) is 2.17. The Morgan fingerprint density at radius 3 is 2.62 bits per heavy atom. The normalized spacial score (nSPS) is 11.6. The topological polar surface area (TPSA) is 65.0 Å². The first-order valence-corrected chi connectivity index (χ1v) is 5.68. The number of rotatable bonds is 7. The van der Waals surface area contributed by atoms with E-state index < -0.39 is 25.5 Å². The lowest BCUT2D eigenvalue weighted by Gasteiger charge is -2.12. The molecule has 0 heterocycles. The van der Waals surface area contributed by atoms with E-state index in [1.807, 2.05) is 0 Å². The number of carboxylic acid groups (broad SMARTS) is 1. The van der Waals surface area contributed by atoms with Gasteiger partial charge in [0.25, 0.3) is 0 Å². The molecule has 0 spiro atoms. The molecule has 0 saturated carbocycles. The van der Waals surface area contributed by atoms with Crippen molar-refractivity contribution >= 4 is 12.0 Å². The maximum atomic E-state index is 11.9. The van der Waals surface area contributed by atoms with Crippen LogP contribution < -0.4 is 9.47 Å². The molecule has 0 atom stereocenters. The molecule has 0 fully saturated rings. The Kier molecular flexibility index (Phi) is 6.04. The second-order valence-electron chi connectivity index (χ2n) is 3.81. The molecular weight excluding hydrogens is 293 g/mol. The van der Waals surface area contributed by atoms with Gasteiger partial charge in [-0.3, -0.25) is 0 Å². The van der Waals surface area contributed by atoms with Gasteiger partial charge < -0.3 is 19.3 Å². The first-order chi connectivity index (χ1) is 9.81. The number of hydrogen-bond acceptors (Lipinski definition) is 4. The van der Waals surface area contributed by atoms with Crippen molar-refractivity contribution in [3.8, 4) is 11.5 Å². The molecule has 0 bridgehead atoms. The average Bonchev–Trinajstić information content (AvgIpc) is 2.40. The quantitative estimate of drug-likeness (QED) is 0.477. The molecule has 0 amide bonds. The van der Waals surface area contributed by atoms with E-state index >= 15 is 0 Å². The zero-order chi connectivity index (χ0) is 15.9. The van der Waals surface area contributed by atoms with Crippen LogP contribution in [-0.2, 0) is 9.53 Å². The zero-order valence-electron chi connectivity index (χ0n) is 11.0. The zero-order valence-corrected chi connectivity index (χ0v) is 11.0. The predicted molar refractivity (Wildman–Crippen MR) is 67.2 cm³/mol. The maximum absolute atomic E-state index is 11.9. The fourth-order valence-electron chi connectivity index (χ4n) is 1.34. The van der Waals surface area contributed by atoms with Gasteiger partial charge in [-0.2, -0.15) is 13.2 Å². The summed E-state index contributed by atoms with van der Waals surface area (Å²) in [5.74, 6) is -0.688. The molecular formula is C13H13F3O5. The maximum Gasteiger partial charge on any atom is 0.411 e. The molecule has 1 aromatic carbocycles. The highest BCUT2D eigenvalue weighted by molar-refractivity contribution is 5.85. The third kappa shape index (κ3) is 6.66. The number of carbonyl (C=O) groups is 1. The Hall–Kier alpha value is -2.22. The fraction of sp³-hybridized carbons (Fsp3) is 0.308. The van der Waals surface area contributed by atoms with Crippen LogP contribution in [0.4, 0.5) is 13.2 Å². The Morgan fingerprint density at radius 1 is 1.33 bits per heavy atom. The van der Waals surface area contributed by atoms with Crippen molar-refractivity contribution in [2.24, 2.45) is 0 Å². The van der Waals surface area contributed by atoms with Crippen LogP contribution in [0.1, 0.15) is 5.56 Å². The van der Waals surface area contributed by atoms with Crippen molar-refractivity contribution in [1.29, 1.82) is 0 Å². The minimum Gasteiger partial charge on any atom is -0.493 e. The Balaban J connectivity index is 2.70. The summed E-state index contributed by atoms with van der Waals surface area (Å²) in [7, 11) is 1.37. The predicted octanol–water partition coefficient (Wildman–Crippen LogP) is 2.71. The molecule has 0 unspecified atom stereocenters. The summed E-state index contributed by atoms with van der Waals surface area (Å²) in [5, 5.41) is 8.53. The molecule has 1 aromatic rings. The Bertz CT molecular complexity index is 511. The van der Waals surface area contributed by atoms with Gasteiger partial charge in [0.1, 0.15) is 6.61 Å². The molecule has 1 rings (SSSR count). The summed E-state index contributed by atoms with van der Waals surface area (Å²) in [5.41, 5.74) is 0.490. The van der Waals surface area contributed by atoms with Gasteiger partial charge >= 0.3 is 12.1 Å². The van der Waals surface area contributed by atoms with Gasteiger partial charge in [0.2, 0.25) is 0 Å². The first kappa shape index (κ1) is 16.8. The number of methoxy groups -OCH3 is 1. The fourth-order valence-corrected chi connectivity index (χ4v) is 1.34. The summed E-state index contributed by atoms with van der Waals surface area (Å²) in [6, 6.07) is 4.50. The second kappa shape index (κ2) is 7.53. The van der Waals surface area contributed by atoms with E-state index in [4.69, 9.17) is 14.6 Å². The van der Waals surface area contributed by atoms with Crippen molar-refractivity contribution in [1.82, 2.24) is 0 Å². The van der Waals surface area contributed by atoms with Crippen LogP contribution in [0.2, 0.25) is 0 Å². The van der Waals surface area contributed by atoms with Crippen LogP contribution in [0.15, 0.2) is 24.3 Å². The van der Waals surface area contributed by atoms with Crippen molar-refractivity contribution < 1.29 is 37.3 Å². The number of benzene rings is 1. The minimum atomic E-state index is -4.43. The number of halogens is 3. The number of carboxylic acids is 1. The van der Waals surface area contributed by atoms with Crippen molar-refractivity contribution in [3.63, 3.8) is 0 Å². The van der Waals surface area contributed by atoms with Crippen LogP contribution in [0.25, 0.3) is 6.08 Å². The van der Waals surface area contributed by atoms with Gasteiger partial charge in [-0.1, -0.05) is 6.07 Å². The molecule has 5 nitrogen and oxygen atoms in total. The average molecular weight is 306 g/mol. The van der Waals surface area contributed by atoms with E-state index in [0.717, 1.165) is 6.08 Å². The van der Waals surface area contributed by atoms with Crippen molar-refractivity contribution in [2.45, 2.75) is 6.18 Å². The lowest BCUT2D eigenvalue weighted by Crippen LogP contribution is -2.19. The minimum absolute atomic E-state index is 0.146. The van der Waals surface area contributed by atoms with Gasteiger partial charge in [-0.25, -0.2) is 4.79 Å². The highest BCUT2D eigenvalue weighted by atomic mass is 19.4. The summed E-state index contributed by atoms with van der Waals surface area (Å²) < 4.78 is 50.0. The number of alkyl halides is 3. The molecule has 0 aliphatic carbocycles. The SMILES string of the molecule is COc1ccc(/C=C/C(=O)O)cc1OCOCC(F)(F)F. The number of aliphatic carboxylic acids is 1. The Labute approximate surface area is 118 Å². The molecule has 0 aromatic heterocycles.